The summed E-state index contributed by atoms with van der Waals surface area (Å²) in [6, 6.07) is 5.71. The molecule has 1 aliphatic rings. The van der Waals surface area contributed by atoms with Gasteiger partial charge in [0.1, 0.15) is 0 Å². The monoisotopic (exact) mass is 339 g/mol. The summed E-state index contributed by atoms with van der Waals surface area (Å²) < 4.78 is 5.66. The number of halogens is 1. The first kappa shape index (κ1) is 15.0. The van der Waals surface area contributed by atoms with Gasteiger partial charge in [-0.1, -0.05) is 22.0 Å². The molecule has 1 heterocycles. The molecule has 1 aliphatic heterocycles. The van der Waals surface area contributed by atoms with Crippen molar-refractivity contribution in [2.24, 2.45) is 5.92 Å². The Bertz CT molecular complexity index is 522. The molecule has 0 saturated carbocycles. The van der Waals surface area contributed by atoms with Crippen LogP contribution in [0.5, 0.6) is 0 Å². The zero-order valence-electron chi connectivity index (χ0n) is 11.7. The Hall–Kier alpha value is -1.36. The molecule has 0 aliphatic carbocycles. The molecule has 2 rings (SSSR count). The van der Waals surface area contributed by atoms with Crippen LogP contribution in [0.15, 0.2) is 22.7 Å². The molecular formula is C15H18BrNO3. The van der Waals surface area contributed by atoms with Gasteiger partial charge in [-0.05, 0) is 37.5 Å². The van der Waals surface area contributed by atoms with E-state index in [-0.39, 0.29) is 17.8 Å². The average molecular weight is 340 g/mol. The fraction of sp³-hybridized carbons (Fsp3) is 0.467. The predicted molar refractivity (Wildman–Crippen MR) is 79.5 cm³/mol. The number of methoxy groups -OCH3 is 1. The number of hydrogen-bond acceptors (Lipinski definition) is 3. The van der Waals surface area contributed by atoms with Crippen LogP contribution >= 0.6 is 15.9 Å². The van der Waals surface area contributed by atoms with Crippen molar-refractivity contribution in [3.05, 3.63) is 33.8 Å². The molecule has 1 amide bonds. The first-order chi connectivity index (χ1) is 9.52. The molecule has 20 heavy (non-hydrogen) atoms. The summed E-state index contributed by atoms with van der Waals surface area (Å²) in [5.74, 6) is -0.212. The molecule has 5 heteroatoms. The standard InChI is InChI=1S/C15H18BrNO3/c1-10-3-4-12(16)9-13(10)14(18)17-7-5-11(6-8-17)15(19)20-2/h3-4,9,11H,5-8H2,1-2H3. The number of benzene rings is 1. The Labute approximate surface area is 127 Å². The molecule has 0 aromatic heterocycles. The quantitative estimate of drug-likeness (QED) is 0.778. The molecule has 1 aromatic carbocycles. The van der Waals surface area contributed by atoms with E-state index in [9.17, 15) is 9.59 Å². The second-order valence-corrected chi connectivity index (χ2v) is 5.96. The topological polar surface area (TPSA) is 46.6 Å². The van der Waals surface area contributed by atoms with Gasteiger partial charge in [0.2, 0.25) is 0 Å². The minimum absolute atomic E-state index is 0.0344. The van der Waals surface area contributed by atoms with Gasteiger partial charge in [0.15, 0.2) is 0 Å². The van der Waals surface area contributed by atoms with Crippen molar-refractivity contribution in [1.29, 1.82) is 0 Å². The van der Waals surface area contributed by atoms with Crippen LogP contribution in [0.3, 0.4) is 0 Å². The number of aryl methyl sites for hydroxylation is 1. The van der Waals surface area contributed by atoms with Crippen LogP contribution in [0.4, 0.5) is 0 Å². The van der Waals surface area contributed by atoms with Gasteiger partial charge in [-0.15, -0.1) is 0 Å². The number of amides is 1. The lowest BCUT2D eigenvalue weighted by atomic mass is 9.96. The third-order valence-corrected chi connectivity index (χ3v) is 4.24. The Morgan fingerprint density at radius 2 is 1.95 bits per heavy atom. The summed E-state index contributed by atoms with van der Waals surface area (Å²) in [5, 5.41) is 0. The number of ether oxygens (including phenoxy) is 1. The van der Waals surface area contributed by atoms with E-state index >= 15 is 0 Å². The summed E-state index contributed by atoms with van der Waals surface area (Å²) >= 11 is 3.39. The van der Waals surface area contributed by atoms with Gasteiger partial charge >= 0.3 is 5.97 Å². The zero-order valence-corrected chi connectivity index (χ0v) is 13.3. The molecule has 1 saturated heterocycles. The average Bonchev–Trinajstić information content (AvgIpc) is 2.48. The highest BCUT2D eigenvalue weighted by Crippen LogP contribution is 2.22. The van der Waals surface area contributed by atoms with Gasteiger partial charge in [-0.2, -0.15) is 0 Å². The molecule has 0 radical (unpaired) electrons. The molecule has 0 bridgehead atoms. The van der Waals surface area contributed by atoms with Gasteiger partial charge in [-0.25, -0.2) is 0 Å². The van der Waals surface area contributed by atoms with Crippen LogP contribution in [0.2, 0.25) is 0 Å². The summed E-state index contributed by atoms with van der Waals surface area (Å²) in [7, 11) is 1.41. The van der Waals surface area contributed by atoms with Crippen LogP contribution in [-0.4, -0.2) is 37.0 Å². The van der Waals surface area contributed by atoms with Crippen molar-refractivity contribution in [2.45, 2.75) is 19.8 Å². The van der Waals surface area contributed by atoms with E-state index in [0.717, 1.165) is 15.6 Å². The van der Waals surface area contributed by atoms with Crippen LogP contribution in [0.25, 0.3) is 0 Å². The lowest BCUT2D eigenvalue weighted by Crippen LogP contribution is -2.40. The second-order valence-electron chi connectivity index (χ2n) is 5.05. The number of hydrogen-bond donors (Lipinski definition) is 0. The lowest BCUT2D eigenvalue weighted by molar-refractivity contribution is -0.146. The van der Waals surface area contributed by atoms with E-state index in [1.165, 1.54) is 7.11 Å². The first-order valence-electron chi connectivity index (χ1n) is 6.66. The first-order valence-corrected chi connectivity index (χ1v) is 7.45. The lowest BCUT2D eigenvalue weighted by Gasteiger charge is -2.31. The summed E-state index contributed by atoms with van der Waals surface area (Å²) in [6.45, 7) is 3.13. The Morgan fingerprint density at radius 3 is 2.55 bits per heavy atom. The maximum Gasteiger partial charge on any atom is 0.308 e. The second kappa shape index (κ2) is 6.39. The molecule has 0 spiro atoms. The number of likely N-dealkylation sites (tertiary alicyclic amines) is 1. The van der Waals surface area contributed by atoms with E-state index < -0.39 is 0 Å². The third-order valence-electron chi connectivity index (χ3n) is 3.75. The fourth-order valence-electron chi connectivity index (χ4n) is 2.48. The normalized spacial score (nSPS) is 16.1. The number of carbonyl (C=O) groups excluding carboxylic acids is 2. The number of nitrogens with zero attached hydrogens (tertiary/aromatic N) is 1. The van der Waals surface area contributed by atoms with Crippen molar-refractivity contribution < 1.29 is 14.3 Å². The fourth-order valence-corrected chi connectivity index (χ4v) is 2.84. The van der Waals surface area contributed by atoms with Crippen molar-refractivity contribution in [3.63, 3.8) is 0 Å². The van der Waals surface area contributed by atoms with E-state index in [4.69, 9.17) is 4.74 Å². The Morgan fingerprint density at radius 1 is 1.30 bits per heavy atom. The summed E-state index contributed by atoms with van der Waals surface area (Å²) in [6.07, 6.45) is 1.34. The van der Waals surface area contributed by atoms with E-state index in [0.29, 0.717) is 25.9 Å². The van der Waals surface area contributed by atoms with Crippen molar-refractivity contribution in [1.82, 2.24) is 4.90 Å². The molecule has 108 valence electrons. The number of piperidine rings is 1. The molecule has 1 aromatic rings. The highest BCUT2D eigenvalue weighted by molar-refractivity contribution is 9.10. The van der Waals surface area contributed by atoms with Crippen molar-refractivity contribution in [2.75, 3.05) is 20.2 Å². The number of rotatable bonds is 2. The summed E-state index contributed by atoms with van der Waals surface area (Å²) in [5.41, 5.74) is 1.68. The van der Waals surface area contributed by atoms with Crippen LogP contribution in [0, 0.1) is 12.8 Å². The number of carbonyl (C=O) groups is 2. The van der Waals surface area contributed by atoms with Gasteiger partial charge in [0.25, 0.3) is 5.91 Å². The maximum absolute atomic E-state index is 12.5. The van der Waals surface area contributed by atoms with Crippen molar-refractivity contribution >= 4 is 27.8 Å². The van der Waals surface area contributed by atoms with E-state index in [2.05, 4.69) is 15.9 Å². The zero-order chi connectivity index (χ0) is 14.7. The minimum Gasteiger partial charge on any atom is -0.469 e. The van der Waals surface area contributed by atoms with Crippen LogP contribution in [-0.2, 0) is 9.53 Å². The molecule has 0 atom stereocenters. The third kappa shape index (κ3) is 3.20. The molecule has 0 unspecified atom stereocenters. The van der Waals surface area contributed by atoms with Gasteiger partial charge < -0.3 is 9.64 Å². The van der Waals surface area contributed by atoms with Gasteiger partial charge in [0.05, 0.1) is 13.0 Å². The highest BCUT2D eigenvalue weighted by Gasteiger charge is 2.28. The molecule has 0 N–H and O–H groups in total. The van der Waals surface area contributed by atoms with Gasteiger partial charge in [-0.3, -0.25) is 9.59 Å². The summed E-state index contributed by atoms with van der Waals surface area (Å²) in [4.78, 5) is 25.8. The van der Waals surface area contributed by atoms with Crippen LogP contribution in [0.1, 0.15) is 28.8 Å². The maximum atomic E-state index is 12.5. The van der Waals surface area contributed by atoms with Gasteiger partial charge in [0, 0.05) is 23.1 Å². The predicted octanol–water partition coefficient (Wildman–Crippen LogP) is 2.78. The van der Waals surface area contributed by atoms with E-state index in [1.54, 1.807) is 0 Å². The SMILES string of the molecule is COC(=O)C1CCN(C(=O)c2cc(Br)ccc2C)CC1. The largest absolute Gasteiger partial charge is 0.469 e. The smallest absolute Gasteiger partial charge is 0.308 e. The molecule has 4 nitrogen and oxygen atoms in total. The highest BCUT2D eigenvalue weighted by atomic mass is 79.9. The van der Waals surface area contributed by atoms with E-state index in [1.807, 2.05) is 30.0 Å². The van der Waals surface area contributed by atoms with Crippen molar-refractivity contribution in [3.8, 4) is 0 Å². The molecule has 1 fully saturated rings. The molecular weight excluding hydrogens is 322 g/mol. The van der Waals surface area contributed by atoms with Crippen LogP contribution < -0.4 is 0 Å². The Balaban J connectivity index is 2.05. The number of esters is 1. The minimum atomic E-state index is -0.171. The Kier molecular flexibility index (Phi) is 4.81.